The predicted octanol–water partition coefficient (Wildman–Crippen LogP) is 3.59. The van der Waals surface area contributed by atoms with Gasteiger partial charge < -0.3 is 10.0 Å². The highest BCUT2D eigenvalue weighted by Gasteiger charge is 2.43. The molecule has 0 aromatic carbocycles. The van der Waals surface area contributed by atoms with Gasteiger partial charge in [-0.25, -0.2) is 0 Å². The average molecular weight is 291 g/mol. The van der Waals surface area contributed by atoms with E-state index in [0.29, 0.717) is 0 Å². The molecular formula is C18H29NO2. The number of rotatable bonds is 6. The van der Waals surface area contributed by atoms with Crippen LogP contribution < -0.4 is 0 Å². The van der Waals surface area contributed by atoms with Crippen molar-refractivity contribution in [3.05, 3.63) is 25.3 Å². The molecule has 1 heterocycles. The number of carbonyl (C=O) groups excluding carboxylic acids is 1. The molecule has 2 fully saturated rings. The Morgan fingerprint density at radius 1 is 1.05 bits per heavy atom. The first-order valence-electron chi connectivity index (χ1n) is 8.30. The minimum atomic E-state index is -0.772. The summed E-state index contributed by atoms with van der Waals surface area (Å²) in [4.78, 5) is 14.8. The molecule has 0 spiro atoms. The second-order valence-electron chi connectivity index (χ2n) is 6.82. The summed E-state index contributed by atoms with van der Waals surface area (Å²) in [5.74, 6) is 0.112. The van der Waals surface area contributed by atoms with Crippen molar-refractivity contribution in [2.45, 2.75) is 75.3 Å². The number of carbonyl (C=O) groups is 1. The highest BCUT2D eigenvalue weighted by atomic mass is 16.3. The van der Waals surface area contributed by atoms with Gasteiger partial charge in [-0.1, -0.05) is 31.4 Å². The van der Waals surface area contributed by atoms with E-state index in [9.17, 15) is 9.90 Å². The molecule has 1 saturated heterocycles. The molecule has 0 unspecified atom stereocenters. The van der Waals surface area contributed by atoms with Gasteiger partial charge in [0.1, 0.15) is 0 Å². The Kier molecular flexibility index (Phi) is 5.26. The molecule has 0 aromatic heterocycles. The lowest BCUT2D eigenvalue weighted by atomic mass is 9.81. The van der Waals surface area contributed by atoms with Crippen LogP contribution in [0.3, 0.4) is 0 Å². The Morgan fingerprint density at radius 2 is 1.67 bits per heavy atom. The summed E-state index contributed by atoms with van der Waals surface area (Å²) in [7, 11) is 0. The highest BCUT2D eigenvalue weighted by Crippen LogP contribution is 2.39. The van der Waals surface area contributed by atoms with E-state index in [1.165, 1.54) is 6.42 Å². The molecule has 118 valence electrons. The first kappa shape index (κ1) is 16.3. The van der Waals surface area contributed by atoms with E-state index in [2.05, 4.69) is 13.2 Å². The highest BCUT2D eigenvalue weighted by molar-refractivity contribution is 5.78. The van der Waals surface area contributed by atoms with E-state index in [1.54, 1.807) is 0 Å². The van der Waals surface area contributed by atoms with Gasteiger partial charge in [-0.15, -0.1) is 13.2 Å². The predicted molar refractivity (Wildman–Crippen MR) is 86.0 cm³/mol. The van der Waals surface area contributed by atoms with E-state index in [4.69, 9.17) is 0 Å². The van der Waals surface area contributed by atoms with Gasteiger partial charge in [-0.3, -0.25) is 4.79 Å². The maximum absolute atomic E-state index is 12.8. The monoisotopic (exact) mass is 291 g/mol. The van der Waals surface area contributed by atoms with Crippen molar-refractivity contribution in [2.24, 2.45) is 0 Å². The van der Waals surface area contributed by atoms with Crippen molar-refractivity contribution in [3.8, 4) is 0 Å². The lowest BCUT2D eigenvalue weighted by molar-refractivity contribution is -0.141. The molecule has 1 saturated carbocycles. The minimum absolute atomic E-state index is 0.112. The summed E-state index contributed by atoms with van der Waals surface area (Å²) in [5.41, 5.74) is -0.919. The summed E-state index contributed by atoms with van der Waals surface area (Å²) in [5, 5.41) is 10.6. The summed E-state index contributed by atoms with van der Waals surface area (Å²) >= 11 is 0. The molecule has 3 heteroatoms. The van der Waals surface area contributed by atoms with Crippen LogP contribution in [0.5, 0.6) is 0 Å². The second kappa shape index (κ2) is 6.78. The summed E-state index contributed by atoms with van der Waals surface area (Å²) < 4.78 is 0. The van der Waals surface area contributed by atoms with Gasteiger partial charge in [0.25, 0.3) is 0 Å². The molecule has 1 amide bonds. The second-order valence-corrected chi connectivity index (χ2v) is 6.82. The van der Waals surface area contributed by atoms with Crippen molar-refractivity contribution < 1.29 is 9.90 Å². The van der Waals surface area contributed by atoms with E-state index in [-0.39, 0.29) is 17.9 Å². The van der Waals surface area contributed by atoms with Gasteiger partial charge in [0.15, 0.2) is 0 Å². The minimum Gasteiger partial charge on any atom is -0.389 e. The third-order valence-electron chi connectivity index (χ3n) is 5.21. The van der Waals surface area contributed by atoms with Crippen LogP contribution >= 0.6 is 0 Å². The molecule has 1 aliphatic heterocycles. The van der Waals surface area contributed by atoms with Crippen LogP contribution in [-0.4, -0.2) is 33.6 Å². The van der Waals surface area contributed by atoms with Crippen LogP contribution in [0.4, 0.5) is 0 Å². The first-order chi connectivity index (χ1) is 10.1. The Balaban J connectivity index is 2.08. The lowest BCUT2D eigenvalue weighted by Gasteiger charge is -2.40. The number of amides is 1. The molecule has 21 heavy (non-hydrogen) atoms. The molecule has 2 rings (SSSR count). The molecule has 0 bridgehead atoms. The van der Waals surface area contributed by atoms with Crippen molar-refractivity contribution >= 4 is 5.91 Å². The summed E-state index contributed by atoms with van der Waals surface area (Å²) in [6.07, 6.45) is 12.5. The Labute approximate surface area is 128 Å². The molecule has 1 N–H and O–H groups in total. The summed E-state index contributed by atoms with van der Waals surface area (Å²) in [6, 6.07) is 0. The molecule has 0 radical (unpaired) electrons. The van der Waals surface area contributed by atoms with E-state index in [0.717, 1.165) is 57.9 Å². The molecular weight excluding hydrogens is 262 g/mol. The fourth-order valence-electron chi connectivity index (χ4n) is 4.14. The molecule has 0 atom stereocenters. The fraction of sp³-hybridized carbons (Fsp3) is 0.722. The summed E-state index contributed by atoms with van der Waals surface area (Å²) in [6.45, 7) is 8.51. The van der Waals surface area contributed by atoms with Crippen LogP contribution in [0.25, 0.3) is 0 Å². The Bertz CT molecular complexity index is 386. The van der Waals surface area contributed by atoms with Crippen LogP contribution in [0.1, 0.15) is 64.2 Å². The average Bonchev–Trinajstić information content (AvgIpc) is 2.83. The smallest absolute Gasteiger partial charge is 0.225 e. The normalized spacial score (nSPS) is 23.8. The zero-order chi connectivity index (χ0) is 15.3. The Hall–Kier alpha value is -1.09. The first-order valence-corrected chi connectivity index (χ1v) is 8.30. The maximum Gasteiger partial charge on any atom is 0.225 e. The van der Waals surface area contributed by atoms with Crippen molar-refractivity contribution in [3.63, 3.8) is 0 Å². The van der Waals surface area contributed by atoms with Gasteiger partial charge in [0.2, 0.25) is 5.91 Å². The molecule has 3 nitrogen and oxygen atoms in total. The van der Waals surface area contributed by atoms with E-state index in [1.807, 2.05) is 17.1 Å². The van der Waals surface area contributed by atoms with Crippen LogP contribution in [-0.2, 0) is 4.79 Å². The SMILES string of the molecule is C=CCC1(CC=C)CCCN1C(=O)CC1(O)CCCCC1. The fourth-order valence-corrected chi connectivity index (χ4v) is 4.14. The van der Waals surface area contributed by atoms with Gasteiger partial charge in [0.05, 0.1) is 12.0 Å². The number of hydrogen-bond donors (Lipinski definition) is 1. The van der Waals surface area contributed by atoms with Crippen LogP contribution in [0, 0.1) is 0 Å². The third-order valence-corrected chi connectivity index (χ3v) is 5.21. The van der Waals surface area contributed by atoms with E-state index >= 15 is 0 Å². The van der Waals surface area contributed by atoms with E-state index < -0.39 is 5.60 Å². The number of hydrogen-bond acceptors (Lipinski definition) is 2. The number of aliphatic hydroxyl groups is 1. The van der Waals surface area contributed by atoms with Crippen molar-refractivity contribution in [1.82, 2.24) is 4.90 Å². The zero-order valence-electron chi connectivity index (χ0n) is 13.1. The van der Waals surface area contributed by atoms with Crippen LogP contribution in [0.2, 0.25) is 0 Å². The third kappa shape index (κ3) is 3.57. The standard InChI is InChI=1S/C18H29NO2/c1-3-9-17(10-4-2)11-8-14-19(17)16(20)15-18(21)12-6-5-7-13-18/h3-4,21H,1-2,5-15H2. The topological polar surface area (TPSA) is 40.5 Å². The zero-order valence-corrected chi connectivity index (χ0v) is 13.1. The van der Waals surface area contributed by atoms with Crippen molar-refractivity contribution in [2.75, 3.05) is 6.54 Å². The van der Waals surface area contributed by atoms with Gasteiger partial charge in [-0.05, 0) is 38.5 Å². The van der Waals surface area contributed by atoms with Gasteiger partial charge in [0, 0.05) is 12.1 Å². The molecule has 0 aromatic rings. The number of nitrogens with zero attached hydrogens (tertiary/aromatic N) is 1. The molecule has 1 aliphatic carbocycles. The van der Waals surface area contributed by atoms with Crippen molar-refractivity contribution in [1.29, 1.82) is 0 Å². The quantitative estimate of drug-likeness (QED) is 0.760. The lowest BCUT2D eigenvalue weighted by Crippen LogP contribution is -2.49. The maximum atomic E-state index is 12.8. The van der Waals surface area contributed by atoms with Gasteiger partial charge in [-0.2, -0.15) is 0 Å². The largest absolute Gasteiger partial charge is 0.389 e. The molecule has 2 aliphatic rings. The number of likely N-dealkylation sites (tertiary alicyclic amines) is 1. The Morgan fingerprint density at radius 3 is 2.24 bits per heavy atom. The van der Waals surface area contributed by atoms with Crippen LogP contribution in [0.15, 0.2) is 25.3 Å². The van der Waals surface area contributed by atoms with Gasteiger partial charge >= 0.3 is 0 Å².